The van der Waals surface area contributed by atoms with Gasteiger partial charge >= 0.3 is 0 Å². The average molecular weight is 422 g/mol. The minimum Gasteiger partial charge on any atom is -0.460 e. The Morgan fingerprint density at radius 3 is 2.50 bits per heavy atom. The maximum atomic E-state index is 13.2. The number of aliphatic hydroxyl groups excluding tert-OH is 1. The summed E-state index contributed by atoms with van der Waals surface area (Å²) in [6.07, 6.45) is 1.28. The van der Waals surface area contributed by atoms with Crippen LogP contribution in [-0.2, 0) is 16.6 Å². The molecule has 0 spiro atoms. The molecule has 1 atom stereocenters. The summed E-state index contributed by atoms with van der Waals surface area (Å²) in [5.74, 6) is 0.803. The molecule has 28 heavy (non-hydrogen) atoms. The molecule has 0 bridgehead atoms. The van der Waals surface area contributed by atoms with Crippen molar-refractivity contribution in [3.05, 3.63) is 65.4 Å². The van der Waals surface area contributed by atoms with Crippen molar-refractivity contribution in [2.45, 2.75) is 31.2 Å². The van der Waals surface area contributed by atoms with Crippen LogP contribution in [0.1, 0.15) is 25.5 Å². The van der Waals surface area contributed by atoms with E-state index in [1.165, 1.54) is 16.4 Å². The topological polar surface area (TPSA) is 70.8 Å². The van der Waals surface area contributed by atoms with Crippen LogP contribution in [0.15, 0.2) is 63.9 Å². The van der Waals surface area contributed by atoms with Gasteiger partial charge in [0.15, 0.2) is 0 Å². The normalized spacial score (nSPS) is 13.3. The van der Waals surface area contributed by atoms with Crippen LogP contribution in [-0.4, -0.2) is 31.0 Å². The lowest BCUT2D eigenvalue weighted by atomic mass is 10.1. The van der Waals surface area contributed by atoms with Crippen molar-refractivity contribution < 1.29 is 17.9 Å². The van der Waals surface area contributed by atoms with E-state index in [1.807, 2.05) is 37.3 Å². The van der Waals surface area contributed by atoms with Gasteiger partial charge in [-0.1, -0.05) is 36.7 Å². The quantitative estimate of drug-likeness (QED) is 0.544. The third-order valence-corrected chi connectivity index (χ3v) is 6.86. The van der Waals surface area contributed by atoms with Crippen molar-refractivity contribution in [3.8, 4) is 0 Å². The van der Waals surface area contributed by atoms with E-state index < -0.39 is 10.0 Å². The van der Waals surface area contributed by atoms with Crippen LogP contribution in [0.3, 0.4) is 0 Å². The van der Waals surface area contributed by atoms with Crippen molar-refractivity contribution in [3.63, 3.8) is 0 Å². The van der Waals surface area contributed by atoms with Gasteiger partial charge in [0.2, 0.25) is 10.0 Å². The Kier molecular flexibility index (Phi) is 6.78. The smallest absolute Gasteiger partial charge is 0.243 e. The Hall–Kier alpha value is -1.86. The van der Waals surface area contributed by atoms with Crippen LogP contribution in [0.5, 0.6) is 0 Å². The van der Waals surface area contributed by atoms with E-state index in [0.29, 0.717) is 30.2 Å². The molecular formula is C21H24ClNO4S. The minimum atomic E-state index is -3.71. The van der Waals surface area contributed by atoms with Gasteiger partial charge in [-0.25, -0.2) is 8.42 Å². The lowest BCUT2D eigenvalue weighted by molar-refractivity contribution is 0.250. The van der Waals surface area contributed by atoms with Gasteiger partial charge in [-0.2, -0.15) is 4.31 Å². The lowest BCUT2D eigenvalue weighted by Crippen LogP contribution is -2.32. The molecule has 0 amide bonds. The first-order valence-electron chi connectivity index (χ1n) is 9.24. The zero-order chi connectivity index (χ0) is 20.1. The number of fused-ring (bicyclic) bond motifs is 1. The first-order chi connectivity index (χ1) is 13.4. The van der Waals surface area contributed by atoms with Crippen molar-refractivity contribution in [1.29, 1.82) is 0 Å². The SMILES string of the molecule is C[C@@H](CCO)CCN(Cc1cc2ccccc2o1)S(=O)(=O)c1ccc(Cl)cc1. The molecular weight excluding hydrogens is 398 g/mol. The Labute approximate surface area is 170 Å². The van der Waals surface area contributed by atoms with E-state index in [4.69, 9.17) is 21.1 Å². The fraction of sp³-hybridized carbons (Fsp3) is 0.333. The van der Waals surface area contributed by atoms with Crippen LogP contribution in [0, 0.1) is 5.92 Å². The van der Waals surface area contributed by atoms with Gasteiger partial charge < -0.3 is 9.52 Å². The molecule has 1 heterocycles. The Bertz CT molecular complexity index is 981. The number of aliphatic hydroxyl groups is 1. The van der Waals surface area contributed by atoms with Gasteiger partial charge in [-0.3, -0.25) is 0 Å². The summed E-state index contributed by atoms with van der Waals surface area (Å²) in [6.45, 7) is 2.58. The predicted octanol–water partition coefficient (Wildman–Crippen LogP) is 4.69. The summed E-state index contributed by atoms with van der Waals surface area (Å²) in [5, 5.41) is 10.5. The van der Waals surface area contributed by atoms with Crippen LogP contribution < -0.4 is 0 Å². The molecule has 3 rings (SSSR count). The van der Waals surface area contributed by atoms with Crippen molar-refractivity contribution >= 4 is 32.6 Å². The molecule has 0 radical (unpaired) electrons. The van der Waals surface area contributed by atoms with E-state index in [-0.39, 0.29) is 24.0 Å². The summed E-state index contributed by atoms with van der Waals surface area (Å²) in [4.78, 5) is 0.197. The number of benzene rings is 2. The van der Waals surface area contributed by atoms with Gasteiger partial charge in [0.25, 0.3) is 0 Å². The summed E-state index contributed by atoms with van der Waals surface area (Å²) < 4.78 is 33.7. The van der Waals surface area contributed by atoms with Gasteiger partial charge in [-0.15, -0.1) is 0 Å². The monoisotopic (exact) mass is 421 g/mol. The first kappa shape index (κ1) is 20.9. The van der Waals surface area contributed by atoms with E-state index in [0.717, 1.165) is 11.0 Å². The Morgan fingerprint density at radius 2 is 1.82 bits per heavy atom. The fourth-order valence-electron chi connectivity index (χ4n) is 3.06. The average Bonchev–Trinajstić information content (AvgIpc) is 3.08. The highest BCUT2D eigenvalue weighted by Gasteiger charge is 2.26. The lowest BCUT2D eigenvalue weighted by Gasteiger charge is -2.23. The standard InChI is InChI=1S/C21H24ClNO4S/c1-16(11-13-24)10-12-23(28(25,26)20-8-6-18(22)7-9-20)15-19-14-17-4-2-3-5-21(17)27-19/h2-9,14,16,24H,10-13,15H2,1H3/t16-/m1/s1. The third kappa shape index (κ3) is 4.94. The molecule has 150 valence electrons. The number of para-hydroxylation sites is 1. The van der Waals surface area contributed by atoms with Crippen LogP contribution in [0.25, 0.3) is 11.0 Å². The van der Waals surface area contributed by atoms with E-state index in [1.54, 1.807) is 12.1 Å². The van der Waals surface area contributed by atoms with Crippen LogP contribution in [0.4, 0.5) is 0 Å². The molecule has 2 aromatic carbocycles. The maximum absolute atomic E-state index is 13.2. The van der Waals surface area contributed by atoms with Crippen molar-refractivity contribution in [1.82, 2.24) is 4.31 Å². The Balaban J connectivity index is 1.88. The molecule has 3 aromatic rings. The molecule has 1 aromatic heterocycles. The third-order valence-electron chi connectivity index (χ3n) is 4.75. The van der Waals surface area contributed by atoms with Gasteiger partial charge in [0, 0.05) is 23.6 Å². The first-order valence-corrected chi connectivity index (χ1v) is 11.1. The number of furan rings is 1. The highest BCUT2D eigenvalue weighted by molar-refractivity contribution is 7.89. The van der Waals surface area contributed by atoms with Gasteiger partial charge in [-0.05, 0) is 55.2 Å². The molecule has 0 saturated carbocycles. The molecule has 7 heteroatoms. The van der Waals surface area contributed by atoms with Crippen molar-refractivity contribution in [2.24, 2.45) is 5.92 Å². The predicted molar refractivity (Wildman–Crippen MR) is 111 cm³/mol. The van der Waals surface area contributed by atoms with Crippen LogP contribution >= 0.6 is 11.6 Å². The fourth-order valence-corrected chi connectivity index (χ4v) is 4.60. The second-order valence-electron chi connectivity index (χ2n) is 6.95. The van der Waals surface area contributed by atoms with Gasteiger partial charge in [0.1, 0.15) is 11.3 Å². The highest BCUT2D eigenvalue weighted by Crippen LogP contribution is 2.25. The Morgan fingerprint density at radius 1 is 1.11 bits per heavy atom. The summed E-state index contributed by atoms with van der Waals surface area (Å²) >= 11 is 5.91. The number of hydrogen-bond donors (Lipinski definition) is 1. The second kappa shape index (κ2) is 9.09. The molecule has 1 N–H and O–H groups in total. The molecule has 0 unspecified atom stereocenters. The van der Waals surface area contributed by atoms with Crippen LogP contribution in [0.2, 0.25) is 5.02 Å². The highest BCUT2D eigenvalue weighted by atomic mass is 35.5. The zero-order valence-electron chi connectivity index (χ0n) is 15.7. The zero-order valence-corrected chi connectivity index (χ0v) is 17.3. The van der Waals surface area contributed by atoms with E-state index >= 15 is 0 Å². The molecule has 0 aliphatic rings. The largest absolute Gasteiger partial charge is 0.460 e. The molecule has 0 saturated heterocycles. The molecule has 0 fully saturated rings. The number of nitrogens with zero attached hydrogens (tertiary/aromatic N) is 1. The van der Waals surface area contributed by atoms with Gasteiger partial charge in [0.05, 0.1) is 11.4 Å². The number of halogens is 1. The second-order valence-corrected chi connectivity index (χ2v) is 9.32. The maximum Gasteiger partial charge on any atom is 0.243 e. The molecule has 0 aliphatic heterocycles. The molecule has 5 nitrogen and oxygen atoms in total. The minimum absolute atomic E-state index is 0.0919. The number of rotatable bonds is 9. The summed E-state index contributed by atoms with van der Waals surface area (Å²) in [5.41, 5.74) is 0.731. The summed E-state index contributed by atoms with van der Waals surface area (Å²) in [7, 11) is -3.71. The summed E-state index contributed by atoms with van der Waals surface area (Å²) in [6, 6.07) is 15.6. The number of hydrogen-bond acceptors (Lipinski definition) is 4. The number of sulfonamides is 1. The van der Waals surface area contributed by atoms with E-state index in [2.05, 4.69) is 0 Å². The molecule has 0 aliphatic carbocycles. The van der Waals surface area contributed by atoms with E-state index in [9.17, 15) is 8.42 Å². The van der Waals surface area contributed by atoms with Crippen molar-refractivity contribution in [2.75, 3.05) is 13.2 Å².